The molecule has 1 aromatic carbocycles. The van der Waals surface area contributed by atoms with Gasteiger partial charge >= 0.3 is 0 Å². The number of nitrogens with one attached hydrogen (secondary N) is 1. The minimum absolute atomic E-state index is 0.507. The Morgan fingerprint density at radius 1 is 1.28 bits per heavy atom. The maximum atomic E-state index is 10.0. The predicted octanol–water partition coefficient (Wildman–Crippen LogP) is 1.61. The van der Waals surface area contributed by atoms with E-state index in [2.05, 4.69) is 5.32 Å². The molecule has 2 rings (SSSR count). The van der Waals surface area contributed by atoms with E-state index in [1.807, 2.05) is 0 Å². The molecule has 1 saturated carbocycles. The lowest BCUT2D eigenvalue weighted by Crippen LogP contribution is -2.43. The van der Waals surface area contributed by atoms with Crippen molar-refractivity contribution < 1.29 is 14.6 Å². The summed E-state index contributed by atoms with van der Waals surface area (Å²) < 4.78 is 10.4. The summed E-state index contributed by atoms with van der Waals surface area (Å²) in [6.45, 7) is 0.507. The Bertz CT molecular complexity index is 430. The highest BCUT2D eigenvalue weighted by Crippen LogP contribution is 2.36. The highest BCUT2D eigenvalue weighted by Gasteiger charge is 2.34. The number of nitrogens with two attached hydrogens (primary N) is 1. The molecule has 18 heavy (non-hydrogen) atoms. The van der Waals surface area contributed by atoms with Crippen molar-refractivity contribution in [3.8, 4) is 11.5 Å². The number of hydrogen-bond acceptors (Lipinski definition) is 5. The van der Waals surface area contributed by atoms with Gasteiger partial charge in [0.1, 0.15) is 0 Å². The molecule has 4 N–H and O–H groups in total. The van der Waals surface area contributed by atoms with E-state index < -0.39 is 5.60 Å². The number of hydrogen-bond donors (Lipinski definition) is 3. The van der Waals surface area contributed by atoms with E-state index >= 15 is 0 Å². The van der Waals surface area contributed by atoms with Gasteiger partial charge < -0.3 is 25.6 Å². The molecule has 0 heterocycles. The minimum Gasteiger partial charge on any atom is -0.493 e. The molecule has 1 aromatic rings. The number of nitrogen functional groups attached to an aromatic ring is 1. The summed E-state index contributed by atoms with van der Waals surface area (Å²) >= 11 is 0. The van der Waals surface area contributed by atoms with Crippen LogP contribution in [0, 0.1) is 0 Å². The lowest BCUT2D eigenvalue weighted by molar-refractivity contribution is -0.0201. The van der Waals surface area contributed by atoms with E-state index in [-0.39, 0.29) is 0 Å². The van der Waals surface area contributed by atoms with Crippen LogP contribution in [0.1, 0.15) is 19.3 Å². The van der Waals surface area contributed by atoms with Crippen molar-refractivity contribution in [1.29, 1.82) is 0 Å². The monoisotopic (exact) mass is 252 g/mol. The number of benzene rings is 1. The highest BCUT2D eigenvalue weighted by atomic mass is 16.5. The molecule has 1 aliphatic rings. The SMILES string of the molecule is COc1cc(N)c(NCC2(O)CCC2)cc1OC. The van der Waals surface area contributed by atoms with Gasteiger partial charge in [-0.25, -0.2) is 0 Å². The highest BCUT2D eigenvalue weighted by molar-refractivity contribution is 5.72. The molecule has 0 amide bonds. The molecular weight excluding hydrogens is 232 g/mol. The average Bonchev–Trinajstić information content (AvgIpc) is 2.34. The van der Waals surface area contributed by atoms with Crippen molar-refractivity contribution >= 4 is 11.4 Å². The van der Waals surface area contributed by atoms with Crippen molar-refractivity contribution in [2.45, 2.75) is 24.9 Å². The number of anilines is 2. The maximum Gasteiger partial charge on any atom is 0.162 e. The lowest BCUT2D eigenvalue weighted by Gasteiger charge is -2.37. The van der Waals surface area contributed by atoms with Crippen molar-refractivity contribution in [2.24, 2.45) is 0 Å². The van der Waals surface area contributed by atoms with Gasteiger partial charge in [0, 0.05) is 18.7 Å². The number of methoxy groups -OCH3 is 2. The molecule has 0 saturated heterocycles. The van der Waals surface area contributed by atoms with Crippen LogP contribution in [0.2, 0.25) is 0 Å². The third-order valence-corrected chi connectivity index (χ3v) is 3.45. The third kappa shape index (κ3) is 2.46. The van der Waals surface area contributed by atoms with Crippen molar-refractivity contribution in [3.63, 3.8) is 0 Å². The molecule has 0 aliphatic heterocycles. The molecule has 0 spiro atoms. The number of aliphatic hydroxyl groups is 1. The standard InChI is InChI=1S/C13H20N2O3/c1-17-11-6-9(14)10(7-12(11)18-2)15-8-13(16)4-3-5-13/h6-7,15-16H,3-5,8,14H2,1-2H3. The number of rotatable bonds is 5. The zero-order valence-electron chi connectivity index (χ0n) is 10.8. The zero-order valence-corrected chi connectivity index (χ0v) is 10.8. The first-order valence-corrected chi connectivity index (χ1v) is 6.06. The largest absolute Gasteiger partial charge is 0.493 e. The fourth-order valence-corrected chi connectivity index (χ4v) is 2.07. The first-order valence-electron chi connectivity index (χ1n) is 6.06. The first-order chi connectivity index (χ1) is 8.58. The summed E-state index contributed by atoms with van der Waals surface area (Å²) in [5.41, 5.74) is 6.68. The van der Waals surface area contributed by atoms with E-state index in [0.29, 0.717) is 23.7 Å². The molecule has 5 heteroatoms. The van der Waals surface area contributed by atoms with Gasteiger partial charge in [0.15, 0.2) is 11.5 Å². The van der Waals surface area contributed by atoms with E-state index in [9.17, 15) is 5.11 Å². The van der Waals surface area contributed by atoms with Gasteiger partial charge in [-0.3, -0.25) is 0 Å². The molecule has 0 unspecified atom stereocenters. The first kappa shape index (κ1) is 12.8. The van der Waals surface area contributed by atoms with Gasteiger partial charge in [0.25, 0.3) is 0 Å². The molecule has 5 nitrogen and oxygen atoms in total. The Morgan fingerprint density at radius 3 is 2.39 bits per heavy atom. The molecule has 1 aliphatic carbocycles. The van der Waals surface area contributed by atoms with Gasteiger partial charge in [-0.2, -0.15) is 0 Å². The van der Waals surface area contributed by atoms with Gasteiger partial charge in [-0.1, -0.05) is 0 Å². The summed E-state index contributed by atoms with van der Waals surface area (Å²) in [6.07, 6.45) is 2.76. The van der Waals surface area contributed by atoms with Crippen LogP contribution in [0.3, 0.4) is 0 Å². The van der Waals surface area contributed by atoms with Crippen LogP contribution >= 0.6 is 0 Å². The van der Waals surface area contributed by atoms with Gasteiger partial charge in [0.2, 0.25) is 0 Å². The maximum absolute atomic E-state index is 10.0. The molecule has 0 aromatic heterocycles. The normalized spacial score (nSPS) is 16.8. The summed E-state index contributed by atoms with van der Waals surface area (Å²) in [5, 5.41) is 13.2. The topological polar surface area (TPSA) is 76.7 Å². The van der Waals surface area contributed by atoms with E-state index in [1.165, 1.54) is 0 Å². The van der Waals surface area contributed by atoms with Gasteiger partial charge in [-0.05, 0) is 19.3 Å². The quantitative estimate of drug-likeness (QED) is 0.694. The summed E-state index contributed by atoms with van der Waals surface area (Å²) in [5.74, 6) is 1.22. The Labute approximate surface area is 107 Å². The minimum atomic E-state index is -0.584. The summed E-state index contributed by atoms with van der Waals surface area (Å²) in [7, 11) is 3.15. The van der Waals surface area contributed by atoms with E-state index in [4.69, 9.17) is 15.2 Å². The van der Waals surface area contributed by atoms with Gasteiger partial charge in [-0.15, -0.1) is 0 Å². The van der Waals surface area contributed by atoms with Gasteiger partial charge in [0.05, 0.1) is 31.2 Å². The second-order valence-corrected chi connectivity index (χ2v) is 4.73. The fourth-order valence-electron chi connectivity index (χ4n) is 2.07. The Hall–Kier alpha value is -1.62. The van der Waals surface area contributed by atoms with Crippen molar-refractivity contribution in [2.75, 3.05) is 31.8 Å². The number of ether oxygens (including phenoxy) is 2. The van der Waals surface area contributed by atoms with Crippen LogP contribution in [-0.4, -0.2) is 31.5 Å². The van der Waals surface area contributed by atoms with Crippen LogP contribution in [0.4, 0.5) is 11.4 Å². The fraction of sp³-hybridized carbons (Fsp3) is 0.538. The van der Waals surface area contributed by atoms with Crippen LogP contribution < -0.4 is 20.5 Å². The van der Waals surface area contributed by atoms with E-state index in [0.717, 1.165) is 24.9 Å². The Morgan fingerprint density at radius 2 is 1.89 bits per heavy atom. The predicted molar refractivity (Wildman–Crippen MR) is 71.2 cm³/mol. The lowest BCUT2D eigenvalue weighted by atomic mass is 9.80. The molecule has 0 radical (unpaired) electrons. The molecule has 1 fully saturated rings. The molecular formula is C13H20N2O3. The second kappa shape index (κ2) is 4.94. The van der Waals surface area contributed by atoms with Crippen LogP contribution in [-0.2, 0) is 0 Å². The molecule has 100 valence electrons. The summed E-state index contributed by atoms with van der Waals surface area (Å²) in [6, 6.07) is 3.50. The van der Waals surface area contributed by atoms with E-state index in [1.54, 1.807) is 26.4 Å². The molecule has 0 bridgehead atoms. The summed E-state index contributed by atoms with van der Waals surface area (Å²) in [4.78, 5) is 0. The Balaban J connectivity index is 2.12. The van der Waals surface area contributed by atoms with Crippen LogP contribution in [0.5, 0.6) is 11.5 Å². The van der Waals surface area contributed by atoms with Crippen molar-refractivity contribution in [1.82, 2.24) is 0 Å². The third-order valence-electron chi connectivity index (χ3n) is 3.45. The second-order valence-electron chi connectivity index (χ2n) is 4.73. The molecule has 0 atom stereocenters. The van der Waals surface area contributed by atoms with Crippen molar-refractivity contribution in [3.05, 3.63) is 12.1 Å². The zero-order chi connectivity index (χ0) is 13.2. The Kier molecular flexibility index (Phi) is 3.52. The smallest absolute Gasteiger partial charge is 0.162 e. The van der Waals surface area contributed by atoms with Crippen LogP contribution in [0.15, 0.2) is 12.1 Å². The van der Waals surface area contributed by atoms with Crippen LogP contribution in [0.25, 0.3) is 0 Å². The average molecular weight is 252 g/mol.